The molecule has 2 saturated carbocycles. The van der Waals surface area contributed by atoms with Crippen molar-refractivity contribution in [3.8, 4) is 0 Å². The molecule has 0 atom stereocenters. The minimum absolute atomic E-state index is 0.208. The summed E-state index contributed by atoms with van der Waals surface area (Å²) in [7, 11) is 0. The third kappa shape index (κ3) is 6.38. The molecule has 2 rings (SSSR count). The number of carbonyl (C=O) groups is 4. The number of rotatable bonds is 4. The largest absolute Gasteiger partial charge is 0.481 e. The maximum Gasteiger partial charge on any atom is 0.306 e. The summed E-state index contributed by atoms with van der Waals surface area (Å²) in [4.78, 5) is 42.1. The van der Waals surface area contributed by atoms with Crippen molar-refractivity contribution in [3.05, 3.63) is 0 Å². The third-order valence-electron chi connectivity index (χ3n) is 4.67. The van der Waals surface area contributed by atoms with Gasteiger partial charge in [0.05, 0.1) is 17.8 Å². The fourth-order valence-corrected chi connectivity index (χ4v) is 3.05. The Balaban J connectivity index is 0.000000240. The van der Waals surface area contributed by atoms with Gasteiger partial charge in [0.1, 0.15) is 7.63 Å². The summed E-state index contributed by atoms with van der Waals surface area (Å²) in [5.74, 6) is -3.49. The van der Waals surface area contributed by atoms with Gasteiger partial charge in [0.2, 0.25) is 0 Å². The van der Waals surface area contributed by atoms with E-state index in [-0.39, 0.29) is 23.7 Å². The summed E-state index contributed by atoms with van der Waals surface area (Å²) in [5, 5.41) is 25.9. The lowest BCUT2D eigenvalue weighted by molar-refractivity contribution is -0.148. The van der Waals surface area contributed by atoms with Crippen molar-refractivity contribution >= 4 is 24.2 Å². The Morgan fingerprint density at radius 2 is 0.957 bits per heavy atom. The summed E-state index contributed by atoms with van der Waals surface area (Å²) in [6.45, 7) is 0. The molecule has 7 nitrogen and oxygen atoms in total. The molecule has 2 fully saturated rings. The molecule has 0 saturated heterocycles. The monoisotopic (exact) mass is 329 g/mol. The Bertz CT molecular complexity index is 387. The first-order valence-corrected chi connectivity index (χ1v) is 7.91. The molecule has 0 radical (unpaired) electrons. The average Bonchev–Trinajstić information content (AvgIpc) is 2.55. The van der Waals surface area contributed by atoms with Gasteiger partial charge in [-0.15, -0.1) is 0 Å². The maximum atomic E-state index is 10.6. The van der Waals surface area contributed by atoms with Gasteiger partial charge in [-0.05, 0) is 51.4 Å². The Morgan fingerprint density at radius 1 is 0.696 bits per heavy atom. The number of carbonyl (C=O) groups excluding carboxylic acids is 1. The Hall–Kier alpha value is -1.92. The van der Waals surface area contributed by atoms with E-state index in [1.165, 1.54) is 0 Å². The van der Waals surface area contributed by atoms with E-state index in [4.69, 9.17) is 16.7 Å². The van der Waals surface area contributed by atoms with Crippen molar-refractivity contribution in [1.29, 1.82) is 0 Å². The van der Waals surface area contributed by atoms with Crippen LogP contribution in [-0.4, -0.2) is 39.5 Å². The van der Waals surface area contributed by atoms with Gasteiger partial charge in [-0.2, -0.15) is 0 Å². The van der Waals surface area contributed by atoms with E-state index in [1.807, 2.05) is 0 Å². The summed E-state index contributed by atoms with van der Waals surface area (Å²) < 4.78 is 6.86. The quantitative estimate of drug-likeness (QED) is 0.673. The lowest BCUT2D eigenvalue weighted by Crippen LogP contribution is -2.25. The Labute approximate surface area is 136 Å². The lowest BCUT2D eigenvalue weighted by atomic mass is 9.82. The van der Waals surface area contributed by atoms with Gasteiger partial charge >= 0.3 is 17.9 Å². The molecule has 0 aromatic rings. The van der Waals surface area contributed by atoms with E-state index in [9.17, 15) is 19.2 Å². The second kappa shape index (κ2) is 9.27. The van der Waals surface area contributed by atoms with Crippen LogP contribution in [0.15, 0.2) is 0 Å². The van der Waals surface area contributed by atoms with Gasteiger partial charge in [-0.1, -0.05) is 0 Å². The molecular formula is C16H24O7. The Kier molecular flexibility index (Phi) is 7.03. The van der Waals surface area contributed by atoms with Crippen LogP contribution in [0.2, 0.25) is 0 Å². The van der Waals surface area contributed by atoms with E-state index >= 15 is 0 Å². The van der Waals surface area contributed by atoms with Gasteiger partial charge in [0, 0.05) is 5.92 Å². The normalized spacial score (nSPS) is 31.0. The van der Waals surface area contributed by atoms with Crippen LogP contribution in [0.25, 0.3) is 0 Å². The predicted molar refractivity (Wildman–Crippen MR) is 79.9 cm³/mol. The molecule has 130 valence electrons. The molecule has 0 aliphatic heterocycles. The molecule has 7 heteroatoms. The molecule has 0 spiro atoms. The van der Waals surface area contributed by atoms with Crippen LogP contribution in [0.1, 0.15) is 52.7 Å². The fourth-order valence-electron chi connectivity index (χ4n) is 3.05. The standard InChI is InChI=1S/C8H12O4.C8H12O3/c9-7(10)5-1-2-6(4-3-5)8(11)12;9-5-6-1-3-7(4-2-6)8(10)11/h5-6H,1-4H2,(H,9,10)(H,11,12);5-7H,1-4H2,(H,10,11)/i;5D. The van der Waals surface area contributed by atoms with Gasteiger partial charge in [-0.3, -0.25) is 14.4 Å². The van der Waals surface area contributed by atoms with Crippen LogP contribution < -0.4 is 0 Å². The molecular weight excluding hydrogens is 304 g/mol. The highest BCUT2D eigenvalue weighted by Crippen LogP contribution is 2.29. The molecule has 0 amide bonds. The van der Waals surface area contributed by atoms with E-state index in [2.05, 4.69) is 0 Å². The molecule has 0 aromatic carbocycles. The fraction of sp³-hybridized carbons (Fsp3) is 0.750. The van der Waals surface area contributed by atoms with Crippen LogP contribution >= 0.6 is 0 Å². The second-order valence-corrected chi connectivity index (χ2v) is 6.23. The summed E-state index contributed by atoms with van der Waals surface area (Å²) in [6, 6.07) is 0. The minimum atomic E-state index is -0.793. The molecule has 23 heavy (non-hydrogen) atoms. The first kappa shape index (κ1) is 17.4. The van der Waals surface area contributed by atoms with E-state index in [0.717, 1.165) is 0 Å². The van der Waals surface area contributed by atoms with Gasteiger partial charge in [0.25, 0.3) is 0 Å². The van der Waals surface area contributed by atoms with Crippen molar-refractivity contribution in [2.45, 2.75) is 51.4 Å². The zero-order valence-electron chi connectivity index (χ0n) is 13.9. The molecule has 0 heterocycles. The van der Waals surface area contributed by atoms with Gasteiger partial charge < -0.3 is 20.1 Å². The second-order valence-electron chi connectivity index (χ2n) is 6.23. The number of hydrogen-bond donors (Lipinski definition) is 3. The number of carboxylic acid groups (broad SMARTS) is 3. The Morgan fingerprint density at radius 3 is 1.17 bits per heavy atom. The summed E-state index contributed by atoms with van der Waals surface area (Å²) in [5.41, 5.74) is 0. The van der Waals surface area contributed by atoms with Gasteiger partial charge in [0.15, 0.2) is 0 Å². The van der Waals surface area contributed by atoms with Crippen LogP contribution in [0.5, 0.6) is 0 Å². The van der Waals surface area contributed by atoms with Crippen molar-refractivity contribution in [2.75, 3.05) is 0 Å². The highest BCUT2D eigenvalue weighted by Gasteiger charge is 2.29. The molecule has 2 aliphatic rings. The highest BCUT2D eigenvalue weighted by atomic mass is 16.4. The number of aldehydes is 1. The van der Waals surface area contributed by atoms with Crippen molar-refractivity contribution < 1.29 is 35.9 Å². The van der Waals surface area contributed by atoms with Crippen LogP contribution in [0, 0.1) is 23.7 Å². The average molecular weight is 329 g/mol. The number of aliphatic carboxylic acids is 3. The third-order valence-corrected chi connectivity index (χ3v) is 4.67. The van der Waals surface area contributed by atoms with Crippen molar-refractivity contribution in [2.24, 2.45) is 23.7 Å². The smallest absolute Gasteiger partial charge is 0.306 e. The molecule has 3 N–H and O–H groups in total. The van der Waals surface area contributed by atoms with Crippen molar-refractivity contribution in [1.82, 2.24) is 0 Å². The maximum absolute atomic E-state index is 10.6. The van der Waals surface area contributed by atoms with E-state index in [0.29, 0.717) is 51.4 Å². The van der Waals surface area contributed by atoms with Gasteiger partial charge in [-0.25, -0.2) is 0 Å². The van der Waals surface area contributed by atoms with Crippen LogP contribution in [0.3, 0.4) is 0 Å². The minimum Gasteiger partial charge on any atom is -0.481 e. The highest BCUT2D eigenvalue weighted by molar-refractivity contribution is 5.72. The van der Waals surface area contributed by atoms with Crippen LogP contribution in [-0.2, 0) is 19.2 Å². The molecule has 0 unspecified atom stereocenters. The molecule has 2 aliphatic carbocycles. The summed E-state index contributed by atoms with van der Waals surface area (Å²) >= 11 is 0. The first-order valence-electron chi connectivity index (χ1n) is 8.41. The zero-order valence-corrected chi connectivity index (χ0v) is 12.9. The predicted octanol–water partition coefficient (Wildman–Crippen LogP) is 2.04. The first-order chi connectivity index (χ1) is 11.2. The van der Waals surface area contributed by atoms with E-state index in [1.54, 1.807) is 0 Å². The molecule has 0 aromatic heterocycles. The number of hydrogen-bond acceptors (Lipinski definition) is 4. The molecule has 0 bridgehead atoms. The lowest BCUT2D eigenvalue weighted by Gasteiger charge is -2.22. The SMILES string of the molecule is O=C(O)C1CCC(C(=O)O)CC1.[2H]C(=O)C1CCC(C(=O)O)CC1. The van der Waals surface area contributed by atoms with Crippen molar-refractivity contribution in [3.63, 3.8) is 0 Å². The number of carboxylic acids is 3. The van der Waals surface area contributed by atoms with E-state index < -0.39 is 24.2 Å². The van der Waals surface area contributed by atoms with Crippen LogP contribution in [0.4, 0.5) is 0 Å². The zero-order chi connectivity index (χ0) is 18.3. The topological polar surface area (TPSA) is 129 Å². The summed E-state index contributed by atoms with van der Waals surface area (Å²) in [6.07, 6.45) is 3.71.